The molecule has 0 bridgehead atoms. The quantitative estimate of drug-likeness (QED) is 0.231. The molecule has 2 N–H and O–H groups in total. The van der Waals surface area contributed by atoms with Gasteiger partial charge in [0.05, 0.1) is 0 Å². The maximum absolute atomic E-state index is 5.51. The number of rotatable bonds is 16. The maximum Gasteiger partial charge on any atom is -0.00773 e. The van der Waals surface area contributed by atoms with Crippen molar-refractivity contribution in [1.82, 2.24) is 0 Å². The van der Waals surface area contributed by atoms with Crippen LogP contribution in [0.2, 0.25) is 0 Å². The summed E-state index contributed by atoms with van der Waals surface area (Å²) in [5, 5.41) is 0. The van der Waals surface area contributed by atoms with Crippen molar-refractivity contribution in [2.75, 3.05) is 6.54 Å². The van der Waals surface area contributed by atoms with Crippen molar-refractivity contribution in [3.8, 4) is 0 Å². The molecule has 0 aromatic carbocycles. The molecule has 0 saturated carbocycles. The molecule has 1 rings (SSSR count). The van der Waals surface area contributed by atoms with Gasteiger partial charge in [-0.3, -0.25) is 0 Å². The largest absolute Gasteiger partial charge is 0.330 e. The van der Waals surface area contributed by atoms with E-state index in [1.54, 1.807) is 0 Å². The van der Waals surface area contributed by atoms with E-state index in [-0.39, 0.29) is 0 Å². The van der Waals surface area contributed by atoms with Gasteiger partial charge in [-0.25, -0.2) is 0 Å². The zero-order valence-corrected chi connectivity index (χ0v) is 16.6. The lowest BCUT2D eigenvalue weighted by atomic mass is 9.85. The molecule has 0 aromatic heterocycles. The SMILES string of the molecule is CC1CC=CC(CCCCCCCCCCCCCCCCN)C1. The van der Waals surface area contributed by atoms with Crippen molar-refractivity contribution >= 4 is 0 Å². The highest BCUT2D eigenvalue weighted by atomic mass is 14.5. The lowest BCUT2D eigenvalue weighted by Gasteiger charge is -2.21. The van der Waals surface area contributed by atoms with E-state index in [2.05, 4.69) is 19.1 Å². The summed E-state index contributed by atoms with van der Waals surface area (Å²) in [7, 11) is 0. The highest BCUT2D eigenvalue weighted by Crippen LogP contribution is 2.27. The van der Waals surface area contributed by atoms with Gasteiger partial charge in [-0.15, -0.1) is 0 Å². The van der Waals surface area contributed by atoms with E-state index in [9.17, 15) is 0 Å². The summed E-state index contributed by atoms with van der Waals surface area (Å²) in [6.07, 6.45) is 29.1. The summed E-state index contributed by atoms with van der Waals surface area (Å²) in [6.45, 7) is 3.27. The van der Waals surface area contributed by atoms with Crippen molar-refractivity contribution in [3.63, 3.8) is 0 Å². The molecule has 0 spiro atoms. The fourth-order valence-electron chi connectivity index (χ4n) is 4.08. The van der Waals surface area contributed by atoms with Gasteiger partial charge >= 0.3 is 0 Å². The third-order valence-electron chi connectivity index (χ3n) is 5.68. The maximum atomic E-state index is 5.51. The number of hydrogen-bond donors (Lipinski definition) is 1. The Balaban J connectivity index is 1.72. The summed E-state index contributed by atoms with van der Waals surface area (Å²) in [5.74, 6) is 1.81. The molecule has 0 aliphatic heterocycles. The number of hydrogen-bond acceptors (Lipinski definition) is 1. The second-order valence-electron chi connectivity index (χ2n) is 8.29. The van der Waals surface area contributed by atoms with Gasteiger partial charge in [-0.1, -0.05) is 103 Å². The Bertz CT molecular complexity index is 284. The topological polar surface area (TPSA) is 26.0 Å². The Labute approximate surface area is 152 Å². The van der Waals surface area contributed by atoms with E-state index < -0.39 is 0 Å². The van der Waals surface area contributed by atoms with Crippen molar-refractivity contribution in [2.24, 2.45) is 17.6 Å². The molecule has 0 amide bonds. The van der Waals surface area contributed by atoms with Crippen LogP contribution in [-0.4, -0.2) is 6.54 Å². The fraction of sp³-hybridized carbons (Fsp3) is 0.913. The first-order valence-corrected chi connectivity index (χ1v) is 11.2. The summed E-state index contributed by atoms with van der Waals surface area (Å²) < 4.78 is 0. The fourth-order valence-corrected chi connectivity index (χ4v) is 4.08. The van der Waals surface area contributed by atoms with Crippen LogP contribution in [0, 0.1) is 11.8 Å². The van der Waals surface area contributed by atoms with E-state index in [4.69, 9.17) is 5.73 Å². The van der Waals surface area contributed by atoms with Gasteiger partial charge in [0.2, 0.25) is 0 Å². The first-order valence-electron chi connectivity index (χ1n) is 11.2. The van der Waals surface area contributed by atoms with Crippen molar-refractivity contribution in [1.29, 1.82) is 0 Å². The zero-order valence-electron chi connectivity index (χ0n) is 16.6. The van der Waals surface area contributed by atoms with Crippen LogP contribution in [-0.2, 0) is 0 Å². The Morgan fingerprint density at radius 3 is 1.62 bits per heavy atom. The second kappa shape index (κ2) is 16.2. The van der Waals surface area contributed by atoms with Gasteiger partial charge in [-0.2, -0.15) is 0 Å². The summed E-state index contributed by atoms with van der Waals surface area (Å²) >= 11 is 0. The molecule has 0 fully saturated rings. The minimum absolute atomic E-state index is 0.872. The Kier molecular flexibility index (Phi) is 14.7. The van der Waals surface area contributed by atoms with Crippen LogP contribution in [0.5, 0.6) is 0 Å². The molecule has 1 aliphatic carbocycles. The molecule has 0 radical (unpaired) electrons. The molecule has 2 atom stereocenters. The predicted molar refractivity (Wildman–Crippen MR) is 109 cm³/mol. The summed E-state index contributed by atoms with van der Waals surface area (Å²) in [4.78, 5) is 0. The Morgan fingerprint density at radius 2 is 1.17 bits per heavy atom. The van der Waals surface area contributed by atoms with Crippen LogP contribution in [0.25, 0.3) is 0 Å². The molecule has 2 unspecified atom stereocenters. The van der Waals surface area contributed by atoms with Crippen molar-refractivity contribution < 1.29 is 0 Å². The number of unbranched alkanes of at least 4 members (excludes halogenated alkanes) is 13. The third kappa shape index (κ3) is 13.0. The van der Waals surface area contributed by atoms with E-state index in [0.717, 1.165) is 18.4 Å². The van der Waals surface area contributed by atoms with Gasteiger partial charge in [0.1, 0.15) is 0 Å². The predicted octanol–water partition coefficient (Wildman–Crippen LogP) is 7.40. The summed E-state index contributed by atoms with van der Waals surface area (Å²) in [6, 6.07) is 0. The smallest absolute Gasteiger partial charge is 0.00773 e. The van der Waals surface area contributed by atoms with Crippen LogP contribution in [0.15, 0.2) is 12.2 Å². The molecule has 0 aromatic rings. The Hall–Kier alpha value is -0.300. The number of allylic oxidation sites excluding steroid dienone is 2. The van der Waals surface area contributed by atoms with E-state index >= 15 is 0 Å². The zero-order chi connectivity index (χ0) is 17.3. The van der Waals surface area contributed by atoms with Gasteiger partial charge in [0, 0.05) is 0 Å². The van der Waals surface area contributed by atoms with Crippen LogP contribution < -0.4 is 5.73 Å². The molecule has 0 saturated heterocycles. The second-order valence-corrected chi connectivity index (χ2v) is 8.29. The average Bonchev–Trinajstić information content (AvgIpc) is 2.58. The standard InChI is InChI=1S/C23H45N/c1-22-17-16-19-23(21-22)18-14-12-10-8-6-4-2-3-5-7-9-11-13-15-20-24/h16,19,22-23H,2-15,17-18,20-21,24H2,1H3. The molecular formula is C23H45N. The van der Waals surface area contributed by atoms with Crippen LogP contribution in [0.3, 0.4) is 0 Å². The van der Waals surface area contributed by atoms with Gasteiger partial charge in [0.25, 0.3) is 0 Å². The highest BCUT2D eigenvalue weighted by Gasteiger charge is 2.13. The van der Waals surface area contributed by atoms with Crippen LogP contribution in [0.1, 0.15) is 116 Å². The average molecular weight is 336 g/mol. The molecule has 1 nitrogen and oxygen atoms in total. The van der Waals surface area contributed by atoms with Gasteiger partial charge in [-0.05, 0) is 44.1 Å². The molecule has 142 valence electrons. The van der Waals surface area contributed by atoms with Crippen LogP contribution in [0.4, 0.5) is 0 Å². The van der Waals surface area contributed by atoms with E-state index in [1.165, 1.54) is 109 Å². The minimum atomic E-state index is 0.872. The lowest BCUT2D eigenvalue weighted by Crippen LogP contribution is -2.08. The lowest BCUT2D eigenvalue weighted by molar-refractivity contribution is 0.394. The van der Waals surface area contributed by atoms with Crippen molar-refractivity contribution in [3.05, 3.63) is 12.2 Å². The molecular weight excluding hydrogens is 290 g/mol. The normalized spacial score (nSPS) is 20.6. The first-order chi connectivity index (χ1) is 11.8. The first kappa shape index (κ1) is 21.7. The van der Waals surface area contributed by atoms with Crippen molar-refractivity contribution in [2.45, 2.75) is 116 Å². The van der Waals surface area contributed by atoms with Crippen LogP contribution >= 0.6 is 0 Å². The van der Waals surface area contributed by atoms with Gasteiger partial charge < -0.3 is 5.73 Å². The molecule has 0 heterocycles. The molecule has 1 aliphatic rings. The summed E-state index contributed by atoms with van der Waals surface area (Å²) in [5.41, 5.74) is 5.51. The van der Waals surface area contributed by atoms with Gasteiger partial charge in [0.15, 0.2) is 0 Å². The Morgan fingerprint density at radius 1 is 0.708 bits per heavy atom. The number of nitrogens with two attached hydrogens (primary N) is 1. The van der Waals surface area contributed by atoms with E-state index in [1.807, 2.05) is 0 Å². The van der Waals surface area contributed by atoms with E-state index in [0.29, 0.717) is 0 Å². The molecule has 24 heavy (non-hydrogen) atoms. The third-order valence-corrected chi connectivity index (χ3v) is 5.68. The monoisotopic (exact) mass is 335 g/mol. The minimum Gasteiger partial charge on any atom is -0.330 e. The highest BCUT2D eigenvalue weighted by molar-refractivity contribution is 4.94. The molecule has 1 heteroatoms.